The van der Waals surface area contributed by atoms with Crippen LogP contribution in [0.1, 0.15) is 22.5 Å². The second-order valence-corrected chi connectivity index (χ2v) is 5.80. The second-order valence-electron chi connectivity index (χ2n) is 5.80. The Bertz CT molecular complexity index is 876. The molecule has 0 aliphatic heterocycles. The van der Waals surface area contributed by atoms with Crippen LogP contribution >= 0.6 is 0 Å². The van der Waals surface area contributed by atoms with Gasteiger partial charge in [-0.1, -0.05) is 48.5 Å². The summed E-state index contributed by atoms with van der Waals surface area (Å²) in [4.78, 5) is 25.7. The molecule has 0 saturated carbocycles. The van der Waals surface area contributed by atoms with Crippen LogP contribution in [0.15, 0.2) is 72.9 Å². The molecule has 0 saturated heterocycles. The Morgan fingerprint density at radius 2 is 1.62 bits per heavy atom. The maximum Gasteiger partial charge on any atom is 0.354 e. The molecule has 26 heavy (non-hydrogen) atoms. The van der Waals surface area contributed by atoms with Gasteiger partial charge in [0, 0.05) is 18.3 Å². The molecule has 0 unspecified atom stereocenters. The first-order chi connectivity index (χ1) is 12.6. The van der Waals surface area contributed by atoms with E-state index in [1.807, 2.05) is 60.7 Å². The first-order valence-electron chi connectivity index (χ1n) is 8.29. The van der Waals surface area contributed by atoms with Gasteiger partial charge in [-0.3, -0.25) is 9.48 Å². The number of carbonyl (C=O) groups is 2. The highest BCUT2D eigenvalue weighted by Crippen LogP contribution is 2.18. The normalized spacial score (nSPS) is 10.5. The van der Waals surface area contributed by atoms with E-state index in [9.17, 15) is 9.59 Å². The molecule has 6 nitrogen and oxygen atoms in total. The summed E-state index contributed by atoms with van der Waals surface area (Å²) in [6.07, 6.45) is 1.58. The van der Waals surface area contributed by atoms with Crippen molar-refractivity contribution in [3.05, 3.63) is 84.2 Å². The number of anilines is 1. The van der Waals surface area contributed by atoms with Gasteiger partial charge in [-0.15, -0.1) is 0 Å². The molecule has 6 heteroatoms. The van der Waals surface area contributed by atoms with E-state index in [1.54, 1.807) is 4.90 Å². The number of carboxylic acid groups (broad SMARTS) is 1. The molecule has 0 fully saturated rings. The fourth-order valence-electron chi connectivity index (χ4n) is 2.73. The predicted molar refractivity (Wildman–Crippen MR) is 97.9 cm³/mol. The van der Waals surface area contributed by atoms with Crippen LogP contribution < -0.4 is 4.90 Å². The van der Waals surface area contributed by atoms with Gasteiger partial charge < -0.3 is 10.0 Å². The number of hydrogen-bond acceptors (Lipinski definition) is 3. The molecular weight excluding hydrogens is 330 g/mol. The monoisotopic (exact) mass is 349 g/mol. The van der Waals surface area contributed by atoms with Gasteiger partial charge in [0.2, 0.25) is 5.91 Å². The van der Waals surface area contributed by atoms with E-state index in [0.717, 1.165) is 11.3 Å². The van der Waals surface area contributed by atoms with Crippen molar-refractivity contribution in [2.45, 2.75) is 19.5 Å². The molecule has 1 heterocycles. The minimum absolute atomic E-state index is 0.0760. The number of benzene rings is 2. The number of para-hydroxylation sites is 1. The summed E-state index contributed by atoms with van der Waals surface area (Å²) in [5.41, 5.74) is 1.91. The minimum Gasteiger partial charge on any atom is -0.477 e. The van der Waals surface area contributed by atoms with Crippen molar-refractivity contribution in [1.82, 2.24) is 9.78 Å². The van der Waals surface area contributed by atoms with Crippen molar-refractivity contribution in [1.29, 1.82) is 0 Å². The van der Waals surface area contributed by atoms with E-state index >= 15 is 0 Å². The van der Waals surface area contributed by atoms with Crippen LogP contribution in [0, 0.1) is 0 Å². The van der Waals surface area contributed by atoms with E-state index in [-0.39, 0.29) is 24.6 Å². The largest absolute Gasteiger partial charge is 0.477 e. The zero-order chi connectivity index (χ0) is 18.4. The zero-order valence-electron chi connectivity index (χ0n) is 14.2. The lowest BCUT2D eigenvalue weighted by Gasteiger charge is -2.23. The third-order valence-electron chi connectivity index (χ3n) is 4.03. The molecule has 132 valence electrons. The van der Waals surface area contributed by atoms with Crippen molar-refractivity contribution in [2.75, 3.05) is 4.90 Å². The minimum atomic E-state index is -1.06. The van der Waals surface area contributed by atoms with Gasteiger partial charge in [-0.25, -0.2) is 4.79 Å². The van der Waals surface area contributed by atoms with Crippen molar-refractivity contribution in [3.63, 3.8) is 0 Å². The Labute approximate surface area is 151 Å². The third kappa shape index (κ3) is 4.16. The fourth-order valence-corrected chi connectivity index (χ4v) is 2.73. The maximum atomic E-state index is 12.9. The molecule has 1 aromatic heterocycles. The molecule has 1 N–H and O–H groups in total. The predicted octanol–water partition coefficient (Wildman–Crippen LogP) is 3.20. The van der Waals surface area contributed by atoms with Crippen LogP contribution in [0.4, 0.5) is 5.69 Å². The number of aromatic nitrogens is 2. The molecule has 3 rings (SSSR count). The summed E-state index contributed by atoms with van der Waals surface area (Å²) in [5, 5.41) is 13.1. The van der Waals surface area contributed by atoms with E-state index in [2.05, 4.69) is 5.10 Å². The summed E-state index contributed by atoms with van der Waals surface area (Å²) in [5.74, 6) is -1.15. The molecule has 0 radical (unpaired) electrons. The third-order valence-corrected chi connectivity index (χ3v) is 4.03. The smallest absolute Gasteiger partial charge is 0.354 e. The van der Waals surface area contributed by atoms with Crippen LogP contribution in [-0.4, -0.2) is 26.8 Å². The van der Waals surface area contributed by atoms with Crippen molar-refractivity contribution < 1.29 is 14.7 Å². The topological polar surface area (TPSA) is 75.4 Å². The van der Waals surface area contributed by atoms with Crippen LogP contribution in [-0.2, 0) is 17.9 Å². The van der Waals surface area contributed by atoms with Crippen LogP contribution in [0.3, 0.4) is 0 Å². The molecule has 2 aromatic carbocycles. The molecule has 0 bridgehead atoms. The van der Waals surface area contributed by atoms with E-state index in [0.29, 0.717) is 6.54 Å². The number of aromatic carboxylic acids is 1. The van der Waals surface area contributed by atoms with Gasteiger partial charge in [0.05, 0.1) is 13.1 Å². The second kappa shape index (κ2) is 8.11. The standard InChI is InChI=1S/C20H19N3O3/c24-19(12-14-23-18(20(25)26)11-13-21-23)22(17-9-5-2-6-10-17)15-16-7-3-1-4-8-16/h1-11,13H,12,14-15H2,(H,25,26). The van der Waals surface area contributed by atoms with Crippen LogP contribution in [0.2, 0.25) is 0 Å². The summed E-state index contributed by atoms with van der Waals surface area (Å²) >= 11 is 0. The van der Waals surface area contributed by atoms with Gasteiger partial charge in [0.25, 0.3) is 0 Å². The van der Waals surface area contributed by atoms with Crippen molar-refractivity contribution in [2.24, 2.45) is 0 Å². The molecule has 0 atom stereocenters. The van der Waals surface area contributed by atoms with E-state index < -0.39 is 5.97 Å². The van der Waals surface area contributed by atoms with Crippen LogP contribution in [0.5, 0.6) is 0 Å². The number of carboxylic acids is 1. The van der Waals surface area contributed by atoms with Gasteiger partial charge in [-0.05, 0) is 23.8 Å². The van der Waals surface area contributed by atoms with E-state index in [1.165, 1.54) is 16.9 Å². The summed E-state index contributed by atoms with van der Waals surface area (Å²) in [7, 11) is 0. The fraction of sp³-hybridized carbons (Fsp3) is 0.150. The highest BCUT2D eigenvalue weighted by atomic mass is 16.4. The lowest BCUT2D eigenvalue weighted by molar-refractivity contribution is -0.119. The Kier molecular flexibility index (Phi) is 5.43. The number of aryl methyl sites for hydroxylation is 1. The maximum absolute atomic E-state index is 12.9. The van der Waals surface area contributed by atoms with Gasteiger partial charge in [0.1, 0.15) is 5.69 Å². The SMILES string of the molecule is O=C(O)c1ccnn1CCC(=O)N(Cc1ccccc1)c1ccccc1. The quantitative estimate of drug-likeness (QED) is 0.711. The Hall–Kier alpha value is -3.41. The lowest BCUT2D eigenvalue weighted by Crippen LogP contribution is -2.31. The first kappa shape index (κ1) is 17.4. The molecular formula is C20H19N3O3. The molecule has 0 spiro atoms. The average Bonchev–Trinajstić information content (AvgIpc) is 3.15. The Balaban J connectivity index is 1.76. The highest BCUT2D eigenvalue weighted by molar-refractivity contribution is 5.93. The van der Waals surface area contributed by atoms with Crippen molar-refractivity contribution in [3.8, 4) is 0 Å². The van der Waals surface area contributed by atoms with Gasteiger partial charge in [-0.2, -0.15) is 5.10 Å². The molecule has 1 amide bonds. The molecule has 0 aliphatic carbocycles. The first-order valence-corrected chi connectivity index (χ1v) is 8.29. The number of rotatable bonds is 7. The van der Waals surface area contributed by atoms with Gasteiger partial charge >= 0.3 is 5.97 Å². The Morgan fingerprint density at radius 1 is 0.962 bits per heavy atom. The zero-order valence-corrected chi connectivity index (χ0v) is 14.2. The van der Waals surface area contributed by atoms with Crippen molar-refractivity contribution >= 4 is 17.6 Å². The summed E-state index contributed by atoms with van der Waals surface area (Å²) < 4.78 is 1.34. The highest BCUT2D eigenvalue weighted by Gasteiger charge is 2.18. The average molecular weight is 349 g/mol. The lowest BCUT2D eigenvalue weighted by atomic mass is 10.2. The number of nitrogens with zero attached hydrogens (tertiary/aromatic N) is 3. The number of amides is 1. The molecule has 0 aliphatic rings. The Morgan fingerprint density at radius 3 is 2.27 bits per heavy atom. The number of carbonyl (C=O) groups excluding carboxylic acids is 1. The summed E-state index contributed by atoms with van der Waals surface area (Å²) in [6, 6.07) is 20.6. The molecule has 3 aromatic rings. The van der Waals surface area contributed by atoms with Gasteiger partial charge in [0.15, 0.2) is 0 Å². The number of hydrogen-bond donors (Lipinski definition) is 1. The van der Waals surface area contributed by atoms with Crippen LogP contribution in [0.25, 0.3) is 0 Å². The van der Waals surface area contributed by atoms with E-state index in [4.69, 9.17) is 5.11 Å². The summed E-state index contributed by atoms with van der Waals surface area (Å²) in [6.45, 7) is 0.667.